The number of hydrogen-bond acceptors (Lipinski definition) is 1. The van der Waals surface area contributed by atoms with E-state index in [1.807, 2.05) is 0 Å². The fourth-order valence-electron chi connectivity index (χ4n) is 3.12. The van der Waals surface area contributed by atoms with Crippen LogP contribution in [-0.2, 0) is 11.2 Å². The van der Waals surface area contributed by atoms with Crippen molar-refractivity contribution in [1.82, 2.24) is 0 Å². The van der Waals surface area contributed by atoms with Gasteiger partial charge in [-0.25, -0.2) is 0 Å². The van der Waals surface area contributed by atoms with Crippen LogP contribution in [0.3, 0.4) is 0 Å². The molecule has 0 aromatic heterocycles. The molecule has 0 aliphatic rings. The normalized spacial score (nSPS) is 11.7. The van der Waals surface area contributed by atoms with Gasteiger partial charge < -0.3 is 4.79 Å². The summed E-state index contributed by atoms with van der Waals surface area (Å²) < 4.78 is 0. The Morgan fingerprint density at radius 2 is 1.50 bits per heavy atom. The number of aldehydes is 1. The first kappa shape index (κ1) is 16.9. The molecule has 20 heavy (non-hydrogen) atoms. The summed E-state index contributed by atoms with van der Waals surface area (Å²) >= 11 is 0. The Kier molecular flexibility index (Phi) is 6.45. The molecule has 0 bridgehead atoms. The molecule has 1 aromatic carbocycles. The third-order valence-corrected chi connectivity index (χ3v) is 3.96. The molecule has 1 aromatic rings. The van der Waals surface area contributed by atoms with Crippen LogP contribution in [0.25, 0.3) is 0 Å². The third kappa shape index (κ3) is 3.94. The predicted octanol–water partition coefficient (Wildman–Crippen LogP) is 5.58. The first-order valence-corrected chi connectivity index (χ1v) is 7.99. The van der Waals surface area contributed by atoms with Gasteiger partial charge in [0.15, 0.2) is 0 Å². The van der Waals surface area contributed by atoms with Gasteiger partial charge in [-0.05, 0) is 52.8 Å². The molecule has 1 rings (SSSR count). The number of benzene rings is 1. The second-order valence-electron chi connectivity index (χ2n) is 6.66. The van der Waals surface area contributed by atoms with Crippen LogP contribution in [0, 0.1) is 0 Å². The Balaban J connectivity index is 3.32. The molecule has 0 N–H and O–H groups in total. The summed E-state index contributed by atoms with van der Waals surface area (Å²) in [5, 5.41) is 0. The maximum Gasteiger partial charge on any atom is 0.120 e. The van der Waals surface area contributed by atoms with E-state index in [0.717, 1.165) is 19.1 Å². The lowest BCUT2D eigenvalue weighted by molar-refractivity contribution is -0.107. The van der Waals surface area contributed by atoms with Crippen molar-refractivity contribution >= 4 is 6.29 Å². The zero-order valence-corrected chi connectivity index (χ0v) is 14.0. The number of rotatable bonds is 7. The molecule has 0 unspecified atom stereocenters. The van der Waals surface area contributed by atoms with E-state index in [9.17, 15) is 4.79 Å². The highest BCUT2D eigenvalue weighted by atomic mass is 16.1. The lowest BCUT2D eigenvalue weighted by Crippen LogP contribution is -2.09. The Bertz CT molecular complexity index is 441. The first-order valence-electron chi connectivity index (χ1n) is 7.99. The van der Waals surface area contributed by atoms with Crippen LogP contribution < -0.4 is 0 Å². The van der Waals surface area contributed by atoms with Gasteiger partial charge >= 0.3 is 0 Å². The van der Waals surface area contributed by atoms with Crippen molar-refractivity contribution in [2.45, 2.75) is 78.6 Å². The smallest absolute Gasteiger partial charge is 0.120 e. The maximum absolute atomic E-state index is 10.5. The van der Waals surface area contributed by atoms with Gasteiger partial charge in [0.1, 0.15) is 6.29 Å². The van der Waals surface area contributed by atoms with Gasteiger partial charge in [0, 0.05) is 6.42 Å². The second-order valence-corrected chi connectivity index (χ2v) is 6.66. The molecule has 1 heteroatoms. The monoisotopic (exact) mass is 274 g/mol. The molecule has 0 atom stereocenters. The van der Waals surface area contributed by atoms with Crippen LogP contribution in [0.5, 0.6) is 0 Å². The first-order chi connectivity index (χ1) is 9.40. The minimum Gasteiger partial charge on any atom is -0.303 e. The standard InChI is InChI=1S/C19H30O/c1-13(2)17-11-10-16(9-7-8-12-20)18(14(3)4)19(17)15(5)6/h10-15H,7-9H2,1-6H3. The molecule has 0 saturated heterocycles. The summed E-state index contributed by atoms with van der Waals surface area (Å²) in [6.45, 7) is 13.7. The van der Waals surface area contributed by atoms with E-state index in [1.165, 1.54) is 16.7 Å². The van der Waals surface area contributed by atoms with E-state index in [0.29, 0.717) is 24.2 Å². The molecule has 1 nitrogen and oxygen atoms in total. The Morgan fingerprint density at radius 1 is 0.900 bits per heavy atom. The minimum atomic E-state index is 0.539. The van der Waals surface area contributed by atoms with E-state index in [1.54, 1.807) is 5.56 Å². The van der Waals surface area contributed by atoms with Crippen molar-refractivity contribution in [2.24, 2.45) is 0 Å². The van der Waals surface area contributed by atoms with E-state index in [-0.39, 0.29) is 0 Å². The molecule has 112 valence electrons. The summed E-state index contributed by atoms with van der Waals surface area (Å²) in [6, 6.07) is 4.60. The van der Waals surface area contributed by atoms with Crippen LogP contribution in [0.2, 0.25) is 0 Å². The highest BCUT2D eigenvalue weighted by molar-refractivity contribution is 5.50. The molecule has 0 heterocycles. The molecule has 0 amide bonds. The van der Waals surface area contributed by atoms with Gasteiger partial charge in [0.25, 0.3) is 0 Å². The minimum absolute atomic E-state index is 0.539. The SMILES string of the molecule is CC(C)c1ccc(CCCC=O)c(C(C)C)c1C(C)C. The summed E-state index contributed by atoms with van der Waals surface area (Å²) in [5.41, 5.74) is 5.99. The van der Waals surface area contributed by atoms with E-state index in [2.05, 4.69) is 53.7 Å². The Morgan fingerprint density at radius 3 is 1.95 bits per heavy atom. The van der Waals surface area contributed by atoms with Crippen molar-refractivity contribution < 1.29 is 4.79 Å². The van der Waals surface area contributed by atoms with Crippen molar-refractivity contribution in [3.05, 3.63) is 34.4 Å². The topological polar surface area (TPSA) is 17.1 Å². The van der Waals surface area contributed by atoms with E-state index in [4.69, 9.17) is 0 Å². The summed E-state index contributed by atoms with van der Waals surface area (Å²) in [4.78, 5) is 10.5. The van der Waals surface area contributed by atoms with Crippen molar-refractivity contribution in [3.63, 3.8) is 0 Å². The molecule has 0 fully saturated rings. The van der Waals surface area contributed by atoms with Crippen LogP contribution in [0.1, 0.15) is 94.4 Å². The molecular weight excluding hydrogens is 244 g/mol. The number of unbranched alkanes of at least 4 members (excludes halogenated alkanes) is 1. The largest absolute Gasteiger partial charge is 0.303 e. The van der Waals surface area contributed by atoms with Gasteiger partial charge in [0.2, 0.25) is 0 Å². The zero-order valence-electron chi connectivity index (χ0n) is 14.0. The molecule has 0 saturated carbocycles. The highest BCUT2D eigenvalue weighted by Gasteiger charge is 2.19. The van der Waals surface area contributed by atoms with Gasteiger partial charge in [-0.3, -0.25) is 0 Å². The van der Waals surface area contributed by atoms with Crippen LogP contribution >= 0.6 is 0 Å². The van der Waals surface area contributed by atoms with E-state index < -0.39 is 0 Å². The predicted molar refractivity (Wildman–Crippen MR) is 87.7 cm³/mol. The molecule has 0 aliphatic carbocycles. The van der Waals surface area contributed by atoms with Crippen LogP contribution in [0.15, 0.2) is 12.1 Å². The van der Waals surface area contributed by atoms with Crippen molar-refractivity contribution in [3.8, 4) is 0 Å². The number of carbonyl (C=O) groups is 1. The average molecular weight is 274 g/mol. The Labute approximate surface area is 124 Å². The Hall–Kier alpha value is -1.11. The third-order valence-electron chi connectivity index (χ3n) is 3.96. The number of carbonyl (C=O) groups excluding carboxylic acids is 1. The van der Waals surface area contributed by atoms with E-state index >= 15 is 0 Å². The lowest BCUT2D eigenvalue weighted by Gasteiger charge is -2.25. The zero-order chi connectivity index (χ0) is 15.3. The fraction of sp³-hybridized carbons (Fsp3) is 0.632. The molecular formula is C19H30O. The quantitative estimate of drug-likeness (QED) is 0.468. The number of aryl methyl sites for hydroxylation is 1. The van der Waals surface area contributed by atoms with Gasteiger partial charge in [0.05, 0.1) is 0 Å². The van der Waals surface area contributed by atoms with Gasteiger partial charge in [-0.15, -0.1) is 0 Å². The summed E-state index contributed by atoms with van der Waals surface area (Å²) in [7, 11) is 0. The molecule has 0 aliphatic heterocycles. The van der Waals surface area contributed by atoms with Crippen molar-refractivity contribution in [1.29, 1.82) is 0 Å². The molecule has 0 radical (unpaired) electrons. The fourth-order valence-corrected chi connectivity index (χ4v) is 3.12. The molecule has 0 spiro atoms. The second kappa shape index (κ2) is 7.61. The van der Waals surface area contributed by atoms with Gasteiger partial charge in [-0.2, -0.15) is 0 Å². The average Bonchev–Trinajstić information content (AvgIpc) is 2.37. The van der Waals surface area contributed by atoms with Gasteiger partial charge in [-0.1, -0.05) is 53.7 Å². The van der Waals surface area contributed by atoms with Crippen molar-refractivity contribution in [2.75, 3.05) is 0 Å². The van der Waals surface area contributed by atoms with Crippen LogP contribution in [-0.4, -0.2) is 6.29 Å². The maximum atomic E-state index is 10.5. The summed E-state index contributed by atoms with van der Waals surface area (Å²) in [6.07, 6.45) is 3.67. The van der Waals surface area contributed by atoms with Crippen LogP contribution in [0.4, 0.5) is 0 Å². The number of hydrogen-bond donors (Lipinski definition) is 0. The highest BCUT2D eigenvalue weighted by Crippen LogP contribution is 2.36. The lowest BCUT2D eigenvalue weighted by atomic mass is 9.80. The summed E-state index contributed by atoms with van der Waals surface area (Å²) in [5.74, 6) is 1.65.